The number of hydrogen-bond acceptors (Lipinski definition) is 4. The standard InChI is InChI=1S/C11H13ClF2N2O3S.ClH/c12-9-5-8(1-2-10(9)19-11(13)14)20(17,18)16-4-3-7(15)6-16;/h1-2,5,7,11H,3-4,6,15H2;1H/t7-;/m1./s1. The quantitative estimate of drug-likeness (QED) is 0.889. The van der Waals surface area contributed by atoms with E-state index in [1.54, 1.807) is 0 Å². The minimum absolute atomic E-state index is 0. The minimum Gasteiger partial charge on any atom is -0.433 e. The summed E-state index contributed by atoms with van der Waals surface area (Å²) >= 11 is 5.75. The topological polar surface area (TPSA) is 72.6 Å². The van der Waals surface area contributed by atoms with Gasteiger partial charge in [-0.1, -0.05) is 11.6 Å². The van der Waals surface area contributed by atoms with Crippen molar-refractivity contribution in [3.8, 4) is 5.75 Å². The van der Waals surface area contributed by atoms with E-state index in [1.165, 1.54) is 10.4 Å². The highest BCUT2D eigenvalue weighted by molar-refractivity contribution is 7.89. The van der Waals surface area contributed by atoms with Crippen LogP contribution in [0.25, 0.3) is 0 Å². The Morgan fingerprint density at radius 3 is 2.57 bits per heavy atom. The molecule has 0 radical (unpaired) electrons. The fourth-order valence-electron chi connectivity index (χ4n) is 1.95. The molecule has 1 saturated heterocycles. The average Bonchev–Trinajstić information content (AvgIpc) is 2.78. The highest BCUT2D eigenvalue weighted by Gasteiger charge is 2.31. The first kappa shape index (κ1) is 18.4. The Morgan fingerprint density at radius 2 is 2.10 bits per heavy atom. The van der Waals surface area contributed by atoms with Crippen LogP contribution in [0.4, 0.5) is 8.78 Å². The van der Waals surface area contributed by atoms with Crippen LogP contribution in [0.5, 0.6) is 5.75 Å². The second kappa shape index (κ2) is 7.06. The number of rotatable bonds is 4. The van der Waals surface area contributed by atoms with Crippen molar-refractivity contribution >= 4 is 34.0 Å². The van der Waals surface area contributed by atoms with E-state index in [0.717, 1.165) is 12.1 Å². The fraction of sp³-hybridized carbons (Fsp3) is 0.455. The van der Waals surface area contributed by atoms with Crippen LogP contribution >= 0.6 is 24.0 Å². The summed E-state index contributed by atoms with van der Waals surface area (Å²) in [6, 6.07) is 3.19. The lowest BCUT2D eigenvalue weighted by molar-refractivity contribution is -0.0498. The Morgan fingerprint density at radius 1 is 1.43 bits per heavy atom. The molecule has 120 valence electrons. The lowest BCUT2D eigenvalue weighted by atomic mass is 10.3. The van der Waals surface area contributed by atoms with Gasteiger partial charge in [-0.05, 0) is 24.6 Å². The summed E-state index contributed by atoms with van der Waals surface area (Å²) in [5, 5.41) is -0.185. The lowest BCUT2D eigenvalue weighted by Crippen LogP contribution is -2.31. The van der Waals surface area contributed by atoms with Crippen LogP contribution in [-0.4, -0.2) is 38.5 Å². The maximum Gasteiger partial charge on any atom is 0.387 e. The molecule has 1 aliphatic heterocycles. The molecule has 2 rings (SSSR count). The maximum atomic E-state index is 12.3. The molecule has 10 heteroatoms. The molecule has 1 aliphatic rings. The van der Waals surface area contributed by atoms with Gasteiger partial charge in [0.05, 0.1) is 9.92 Å². The molecule has 21 heavy (non-hydrogen) atoms. The van der Waals surface area contributed by atoms with Gasteiger partial charge in [0.25, 0.3) is 0 Å². The summed E-state index contributed by atoms with van der Waals surface area (Å²) < 4.78 is 54.2. The van der Waals surface area contributed by atoms with E-state index in [9.17, 15) is 17.2 Å². The number of benzene rings is 1. The van der Waals surface area contributed by atoms with Gasteiger partial charge in [0.15, 0.2) is 0 Å². The first-order valence-corrected chi connectivity index (χ1v) is 7.62. The predicted octanol–water partition coefficient (Wildman–Crippen LogP) is 2.08. The number of ether oxygens (including phenoxy) is 1. The van der Waals surface area contributed by atoms with Crippen molar-refractivity contribution in [1.82, 2.24) is 4.31 Å². The average molecular weight is 363 g/mol. The molecule has 0 spiro atoms. The summed E-state index contributed by atoms with van der Waals surface area (Å²) in [5.74, 6) is -0.265. The van der Waals surface area contributed by atoms with E-state index in [2.05, 4.69) is 4.74 Å². The third-order valence-corrected chi connectivity index (χ3v) is 5.10. The molecule has 2 N–H and O–H groups in total. The highest BCUT2D eigenvalue weighted by atomic mass is 35.5. The van der Waals surface area contributed by atoms with Gasteiger partial charge >= 0.3 is 6.61 Å². The van der Waals surface area contributed by atoms with E-state index in [0.29, 0.717) is 13.0 Å². The predicted molar refractivity (Wildman–Crippen MR) is 76.7 cm³/mol. The Kier molecular flexibility index (Phi) is 6.18. The van der Waals surface area contributed by atoms with Crippen LogP contribution in [0, 0.1) is 0 Å². The number of nitrogens with zero attached hydrogens (tertiary/aromatic N) is 1. The van der Waals surface area contributed by atoms with Crippen LogP contribution in [0.1, 0.15) is 6.42 Å². The minimum atomic E-state index is -3.71. The van der Waals surface area contributed by atoms with Gasteiger partial charge < -0.3 is 10.5 Å². The Bertz CT molecular complexity index is 601. The van der Waals surface area contributed by atoms with Crippen molar-refractivity contribution in [2.75, 3.05) is 13.1 Å². The molecule has 1 fully saturated rings. The molecule has 5 nitrogen and oxygen atoms in total. The molecule has 1 aromatic rings. The molecule has 1 heterocycles. The molecule has 1 aromatic carbocycles. The molecule has 0 unspecified atom stereocenters. The summed E-state index contributed by atoms with van der Waals surface area (Å²) in [5.41, 5.74) is 5.67. The second-order valence-electron chi connectivity index (χ2n) is 4.38. The molecule has 0 aliphatic carbocycles. The van der Waals surface area contributed by atoms with Gasteiger partial charge in [-0.25, -0.2) is 8.42 Å². The highest BCUT2D eigenvalue weighted by Crippen LogP contribution is 2.30. The van der Waals surface area contributed by atoms with Crippen molar-refractivity contribution in [3.63, 3.8) is 0 Å². The van der Waals surface area contributed by atoms with Gasteiger partial charge in [-0.15, -0.1) is 12.4 Å². The first-order chi connectivity index (χ1) is 9.30. The van der Waals surface area contributed by atoms with Crippen LogP contribution in [0.15, 0.2) is 23.1 Å². The van der Waals surface area contributed by atoms with E-state index in [4.69, 9.17) is 17.3 Å². The lowest BCUT2D eigenvalue weighted by Gasteiger charge is -2.16. The molecule has 1 atom stereocenters. The van der Waals surface area contributed by atoms with Gasteiger partial charge in [0, 0.05) is 19.1 Å². The van der Waals surface area contributed by atoms with Gasteiger partial charge in [0.2, 0.25) is 10.0 Å². The first-order valence-electron chi connectivity index (χ1n) is 5.81. The van der Waals surface area contributed by atoms with Crippen molar-refractivity contribution in [2.24, 2.45) is 5.73 Å². The zero-order chi connectivity index (χ0) is 14.9. The van der Waals surface area contributed by atoms with E-state index < -0.39 is 16.6 Å². The molecular formula is C11H14Cl2F2N2O3S. The summed E-state index contributed by atoms with van der Waals surface area (Å²) in [7, 11) is -3.71. The van der Waals surface area contributed by atoms with Crippen molar-refractivity contribution in [2.45, 2.75) is 24.0 Å². The second-order valence-corrected chi connectivity index (χ2v) is 6.73. The van der Waals surface area contributed by atoms with Gasteiger partial charge in [-0.2, -0.15) is 13.1 Å². The van der Waals surface area contributed by atoms with E-state index >= 15 is 0 Å². The monoisotopic (exact) mass is 362 g/mol. The number of sulfonamides is 1. The number of alkyl halides is 2. The van der Waals surface area contributed by atoms with Gasteiger partial charge in [0.1, 0.15) is 5.75 Å². The van der Waals surface area contributed by atoms with E-state index in [-0.39, 0.29) is 40.7 Å². The van der Waals surface area contributed by atoms with Crippen LogP contribution in [-0.2, 0) is 10.0 Å². The SMILES string of the molecule is Cl.N[C@@H]1CCN(S(=O)(=O)c2ccc(OC(F)F)c(Cl)c2)C1. The van der Waals surface area contributed by atoms with Gasteiger partial charge in [-0.3, -0.25) is 0 Å². The van der Waals surface area contributed by atoms with Crippen molar-refractivity contribution < 1.29 is 21.9 Å². The molecule has 0 saturated carbocycles. The third kappa shape index (κ3) is 4.17. The van der Waals surface area contributed by atoms with Crippen molar-refractivity contribution in [1.29, 1.82) is 0 Å². The Hall–Kier alpha value is -0.670. The number of halogens is 4. The van der Waals surface area contributed by atoms with E-state index in [1.807, 2.05) is 0 Å². The molecular weight excluding hydrogens is 349 g/mol. The molecule has 0 aromatic heterocycles. The van der Waals surface area contributed by atoms with Crippen LogP contribution in [0.2, 0.25) is 5.02 Å². The Balaban J connectivity index is 0.00000220. The maximum absolute atomic E-state index is 12.3. The zero-order valence-electron chi connectivity index (χ0n) is 10.7. The largest absolute Gasteiger partial charge is 0.433 e. The fourth-order valence-corrected chi connectivity index (χ4v) is 3.78. The number of hydrogen-bond donors (Lipinski definition) is 1. The van der Waals surface area contributed by atoms with Crippen molar-refractivity contribution in [3.05, 3.63) is 23.2 Å². The summed E-state index contributed by atoms with van der Waals surface area (Å²) in [4.78, 5) is -0.0711. The van der Waals surface area contributed by atoms with Crippen LogP contribution < -0.4 is 10.5 Å². The molecule has 0 amide bonds. The summed E-state index contributed by atoms with van der Waals surface area (Å²) in [6.07, 6.45) is 0.583. The van der Waals surface area contributed by atoms with Crippen LogP contribution in [0.3, 0.4) is 0 Å². The third-order valence-electron chi connectivity index (χ3n) is 2.94. The smallest absolute Gasteiger partial charge is 0.387 e. The normalized spacial score (nSPS) is 19.6. The number of nitrogens with two attached hydrogens (primary N) is 1. The molecule has 0 bridgehead atoms. The summed E-state index contributed by atoms with van der Waals surface area (Å²) in [6.45, 7) is -2.46. The zero-order valence-corrected chi connectivity index (χ0v) is 13.1. The Labute approximate surface area is 132 Å².